The molecule has 7 heteroatoms. The van der Waals surface area contributed by atoms with Gasteiger partial charge in [-0.1, -0.05) is 54.6 Å². The summed E-state index contributed by atoms with van der Waals surface area (Å²) in [5.41, 5.74) is 3.09. The number of carbonyl (C=O) groups is 2. The minimum absolute atomic E-state index is 0.0417. The van der Waals surface area contributed by atoms with Crippen molar-refractivity contribution in [1.29, 1.82) is 0 Å². The van der Waals surface area contributed by atoms with Crippen molar-refractivity contribution in [3.8, 4) is 11.3 Å². The van der Waals surface area contributed by atoms with Crippen LogP contribution in [0.2, 0.25) is 0 Å². The highest BCUT2D eigenvalue weighted by molar-refractivity contribution is 7.09. The molecule has 0 spiro atoms. The fourth-order valence-corrected chi connectivity index (χ4v) is 3.13. The van der Waals surface area contributed by atoms with Crippen LogP contribution in [0.4, 0.5) is 10.5 Å². The molecular weight excluding hydrogens is 352 g/mol. The molecule has 1 heterocycles. The van der Waals surface area contributed by atoms with E-state index in [1.165, 1.54) is 0 Å². The van der Waals surface area contributed by atoms with Crippen LogP contribution in [-0.2, 0) is 11.3 Å². The van der Waals surface area contributed by atoms with Gasteiger partial charge in [0.15, 0.2) is 4.88 Å². The van der Waals surface area contributed by atoms with Gasteiger partial charge in [0.05, 0.1) is 5.69 Å². The summed E-state index contributed by atoms with van der Waals surface area (Å²) in [5, 5.41) is 11.9. The van der Waals surface area contributed by atoms with Gasteiger partial charge in [0.25, 0.3) is 0 Å². The third-order valence-electron chi connectivity index (χ3n) is 3.73. The molecule has 0 aliphatic heterocycles. The molecule has 0 fully saturated rings. The van der Waals surface area contributed by atoms with Crippen LogP contribution in [0.1, 0.15) is 20.8 Å². The van der Waals surface area contributed by atoms with E-state index in [1.807, 2.05) is 61.5 Å². The molecule has 0 radical (unpaired) electrons. The Morgan fingerprint density at radius 1 is 1.12 bits per heavy atom. The summed E-state index contributed by atoms with van der Waals surface area (Å²) >= 11 is 0.824. The molecule has 132 valence electrons. The summed E-state index contributed by atoms with van der Waals surface area (Å²) in [5.74, 6) is -1.15. The van der Waals surface area contributed by atoms with E-state index in [2.05, 4.69) is 9.69 Å². The maximum atomic E-state index is 12.2. The molecule has 0 aliphatic rings. The number of carboxylic acids is 1. The highest BCUT2D eigenvalue weighted by Gasteiger charge is 2.23. The molecule has 6 nitrogen and oxygen atoms in total. The number of aryl methyl sites for hydroxylation is 1. The molecule has 0 saturated carbocycles. The number of aromatic nitrogens is 1. The van der Waals surface area contributed by atoms with E-state index in [0.29, 0.717) is 5.69 Å². The molecule has 0 aliphatic carbocycles. The number of rotatable bonds is 5. The lowest BCUT2D eigenvalue weighted by atomic mass is 10.0. The van der Waals surface area contributed by atoms with Crippen LogP contribution < -0.4 is 5.32 Å². The average molecular weight is 368 g/mol. The van der Waals surface area contributed by atoms with Crippen molar-refractivity contribution in [2.75, 3.05) is 5.32 Å². The Morgan fingerprint density at radius 2 is 1.81 bits per heavy atom. The predicted octanol–water partition coefficient (Wildman–Crippen LogP) is 4.57. The lowest BCUT2D eigenvalue weighted by Crippen LogP contribution is -2.15. The standard InChI is InChI=1S/C19H16N2O4S/c1-12-7-5-6-10-14(12)15-16(17(18(22)23)26-21-15)20-19(24)25-11-13-8-3-2-4-9-13/h2-10H,11H2,1H3,(H,20,24)(H,22,23). The monoisotopic (exact) mass is 368 g/mol. The number of nitrogens with one attached hydrogen (secondary N) is 1. The first-order valence-corrected chi connectivity index (χ1v) is 8.60. The number of hydrogen-bond donors (Lipinski definition) is 2. The van der Waals surface area contributed by atoms with Crippen LogP contribution in [0.5, 0.6) is 0 Å². The summed E-state index contributed by atoms with van der Waals surface area (Å²) < 4.78 is 9.42. The van der Waals surface area contributed by atoms with Gasteiger partial charge in [0, 0.05) is 5.56 Å². The quantitative estimate of drug-likeness (QED) is 0.689. The second kappa shape index (κ2) is 7.79. The third-order valence-corrected chi connectivity index (χ3v) is 4.56. The van der Waals surface area contributed by atoms with Crippen molar-refractivity contribution in [2.45, 2.75) is 13.5 Å². The predicted molar refractivity (Wildman–Crippen MR) is 99.5 cm³/mol. The van der Waals surface area contributed by atoms with E-state index in [-0.39, 0.29) is 17.2 Å². The van der Waals surface area contributed by atoms with Gasteiger partial charge < -0.3 is 9.84 Å². The Labute approximate surface area is 154 Å². The highest BCUT2D eigenvalue weighted by atomic mass is 32.1. The zero-order valence-electron chi connectivity index (χ0n) is 13.9. The van der Waals surface area contributed by atoms with Gasteiger partial charge in [-0.25, -0.2) is 9.59 Å². The van der Waals surface area contributed by atoms with Crippen LogP contribution in [0.15, 0.2) is 54.6 Å². The zero-order valence-corrected chi connectivity index (χ0v) is 14.7. The van der Waals surface area contributed by atoms with E-state index in [4.69, 9.17) is 4.74 Å². The van der Waals surface area contributed by atoms with Crippen molar-refractivity contribution in [3.63, 3.8) is 0 Å². The first-order chi connectivity index (χ1) is 12.6. The summed E-state index contributed by atoms with van der Waals surface area (Å²) in [6.07, 6.45) is -0.730. The minimum Gasteiger partial charge on any atom is -0.477 e. The lowest BCUT2D eigenvalue weighted by molar-refractivity contribution is 0.0703. The molecule has 2 N–H and O–H groups in total. The normalized spacial score (nSPS) is 10.3. The number of aromatic carboxylic acids is 1. The number of carbonyl (C=O) groups excluding carboxylic acids is 1. The molecule has 1 aromatic heterocycles. The zero-order chi connectivity index (χ0) is 18.5. The molecule has 3 rings (SSSR count). The summed E-state index contributed by atoms with van der Waals surface area (Å²) in [6, 6.07) is 16.7. The van der Waals surface area contributed by atoms with Crippen LogP contribution in [0, 0.1) is 6.92 Å². The molecule has 1 amide bonds. The number of hydrogen-bond acceptors (Lipinski definition) is 5. The second-order valence-corrected chi connectivity index (χ2v) is 6.32. The Kier molecular flexibility index (Phi) is 5.28. The topological polar surface area (TPSA) is 88.5 Å². The van der Waals surface area contributed by atoms with E-state index in [1.54, 1.807) is 0 Å². The number of amides is 1. The second-order valence-electron chi connectivity index (χ2n) is 5.54. The Morgan fingerprint density at radius 3 is 2.50 bits per heavy atom. The third kappa shape index (κ3) is 3.89. The smallest absolute Gasteiger partial charge is 0.412 e. The Bertz CT molecular complexity index is 938. The fraction of sp³-hybridized carbons (Fsp3) is 0.105. The number of carboxylic acid groups (broad SMARTS) is 1. The first kappa shape index (κ1) is 17.6. The molecule has 0 atom stereocenters. The summed E-state index contributed by atoms with van der Waals surface area (Å²) in [4.78, 5) is 23.6. The van der Waals surface area contributed by atoms with E-state index in [0.717, 1.165) is 28.2 Å². The largest absolute Gasteiger partial charge is 0.477 e. The van der Waals surface area contributed by atoms with Gasteiger partial charge >= 0.3 is 12.1 Å². The van der Waals surface area contributed by atoms with Gasteiger partial charge in [-0.15, -0.1) is 0 Å². The van der Waals surface area contributed by atoms with Crippen LogP contribution in [0.25, 0.3) is 11.3 Å². The van der Waals surface area contributed by atoms with E-state index in [9.17, 15) is 14.7 Å². The van der Waals surface area contributed by atoms with Crippen LogP contribution in [-0.4, -0.2) is 21.5 Å². The van der Waals surface area contributed by atoms with Crippen LogP contribution in [0.3, 0.4) is 0 Å². The van der Waals surface area contributed by atoms with Gasteiger partial charge in [0.1, 0.15) is 12.3 Å². The van der Waals surface area contributed by atoms with E-state index < -0.39 is 12.1 Å². The van der Waals surface area contributed by atoms with Crippen LogP contribution >= 0.6 is 11.5 Å². The Balaban J connectivity index is 1.84. The molecule has 2 aromatic carbocycles. The van der Waals surface area contributed by atoms with Gasteiger partial charge in [-0.05, 0) is 29.6 Å². The van der Waals surface area contributed by atoms with Gasteiger partial charge in [-0.2, -0.15) is 4.37 Å². The summed E-state index contributed by atoms with van der Waals surface area (Å²) in [6.45, 7) is 1.99. The fourth-order valence-electron chi connectivity index (χ4n) is 2.44. The van der Waals surface area contributed by atoms with Gasteiger partial charge in [0.2, 0.25) is 0 Å². The minimum atomic E-state index is -1.15. The molecule has 0 unspecified atom stereocenters. The van der Waals surface area contributed by atoms with Gasteiger partial charge in [-0.3, -0.25) is 5.32 Å². The SMILES string of the molecule is Cc1ccccc1-c1nsc(C(=O)O)c1NC(=O)OCc1ccccc1. The molecule has 3 aromatic rings. The van der Waals surface area contributed by atoms with Crippen molar-refractivity contribution < 1.29 is 19.4 Å². The van der Waals surface area contributed by atoms with Crippen molar-refractivity contribution >= 4 is 29.3 Å². The molecule has 0 bridgehead atoms. The number of ether oxygens (including phenoxy) is 1. The maximum absolute atomic E-state index is 12.2. The van der Waals surface area contributed by atoms with Crippen molar-refractivity contribution in [3.05, 3.63) is 70.6 Å². The summed E-state index contributed by atoms with van der Waals surface area (Å²) in [7, 11) is 0. The lowest BCUT2D eigenvalue weighted by Gasteiger charge is -2.09. The molecule has 26 heavy (non-hydrogen) atoms. The van der Waals surface area contributed by atoms with E-state index >= 15 is 0 Å². The number of nitrogens with zero attached hydrogens (tertiary/aromatic N) is 1. The molecular formula is C19H16N2O4S. The maximum Gasteiger partial charge on any atom is 0.412 e. The molecule has 0 saturated heterocycles. The average Bonchev–Trinajstić information content (AvgIpc) is 3.05. The van der Waals surface area contributed by atoms with Crippen molar-refractivity contribution in [1.82, 2.24) is 4.37 Å². The number of benzene rings is 2. The highest BCUT2D eigenvalue weighted by Crippen LogP contribution is 2.35. The number of anilines is 1. The Hall–Kier alpha value is -3.19. The first-order valence-electron chi connectivity index (χ1n) is 7.83. The van der Waals surface area contributed by atoms with Crippen molar-refractivity contribution in [2.24, 2.45) is 0 Å².